The Hall–Kier alpha value is -1.88. The molecule has 2 rings (SSSR count). The number of carbonyl (C=O) groups excluding carboxylic acids is 2. The molecule has 1 fully saturated rings. The van der Waals surface area contributed by atoms with Crippen LogP contribution >= 0.6 is 0 Å². The molecule has 5 heteroatoms. The summed E-state index contributed by atoms with van der Waals surface area (Å²) in [6, 6.07) is 7.99. The average Bonchev–Trinajstić information content (AvgIpc) is 2.98. The van der Waals surface area contributed by atoms with Gasteiger partial charge in [-0.05, 0) is 43.5 Å². The Balaban J connectivity index is 1.72. The second kappa shape index (κ2) is 7.78. The van der Waals surface area contributed by atoms with Crippen LogP contribution in [0.15, 0.2) is 24.3 Å². The number of carbonyl (C=O) groups is 2. The number of hydrogen-bond acceptors (Lipinski definition) is 3. The summed E-state index contributed by atoms with van der Waals surface area (Å²) in [4.78, 5) is 23.5. The van der Waals surface area contributed by atoms with Crippen LogP contribution in [0.25, 0.3) is 0 Å². The first kappa shape index (κ1) is 15.5. The van der Waals surface area contributed by atoms with Crippen molar-refractivity contribution in [3.8, 4) is 0 Å². The van der Waals surface area contributed by atoms with Gasteiger partial charge in [-0.15, -0.1) is 0 Å². The molecule has 2 amide bonds. The Labute approximate surface area is 125 Å². The third kappa shape index (κ3) is 5.19. The lowest BCUT2D eigenvalue weighted by Gasteiger charge is -2.11. The monoisotopic (exact) mass is 289 g/mol. The van der Waals surface area contributed by atoms with Crippen molar-refractivity contribution in [3.05, 3.63) is 29.8 Å². The van der Waals surface area contributed by atoms with E-state index in [1.165, 1.54) is 5.56 Å². The Kier molecular flexibility index (Phi) is 5.75. The molecule has 3 N–H and O–H groups in total. The Bertz CT molecular complexity index is 496. The number of benzene rings is 1. The molecule has 1 unspecified atom stereocenters. The highest BCUT2D eigenvalue weighted by molar-refractivity contribution is 5.94. The van der Waals surface area contributed by atoms with E-state index >= 15 is 0 Å². The highest BCUT2D eigenvalue weighted by atomic mass is 16.2. The van der Waals surface area contributed by atoms with Crippen LogP contribution in [-0.4, -0.2) is 30.9 Å². The lowest BCUT2D eigenvalue weighted by molar-refractivity contribution is -0.124. The maximum absolute atomic E-state index is 11.8. The van der Waals surface area contributed by atoms with Gasteiger partial charge in [0.05, 0.1) is 6.54 Å². The predicted octanol–water partition coefficient (Wildman–Crippen LogP) is 1.45. The molecule has 0 bridgehead atoms. The third-order valence-electron chi connectivity index (χ3n) is 3.66. The van der Waals surface area contributed by atoms with Crippen LogP contribution in [0.5, 0.6) is 0 Å². The van der Waals surface area contributed by atoms with Crippen LogP contribution in [0, 0.1) is 0 Å². The zero-order valence-corrected chi connectivity index (χ0v) is 12.4. The lowest BCUT2D eigenvalue weighted by atomic mass is 10.1. The van der Waals surface area contributed by atoms with Gasteiger partial charge in [0.2, 0.25) is 11.8 Å². The molecule has 0 spiro atoms. The first-order chi connectivity index (χ1) is 10.2. The van der Waals surface area contributed by atoms with E-state index in [9.17, 15) is 9.59 Å². The highest BCUT2D eigenvalue weighted by Gasteiger charge is 2.17. The summed E-state index contributed by atoms with van der Waals surface area (Å²) >= 11 is 0. The summed E-state index contributed by atoms with van der Waals surface area (Å²) in [7, 11) is 0. The fourth-order valence-electron chi connectivity index (χ4n) is 2.48. The van der Waals surface area contributed by atoms with E-state index in [0.717, 1.165) is 31.5 Å². The van der Waals surface area contributed by atoms with E-state index < -0.39 is 0 Å². The van der Waals surface area contributed by atoms with Crippen LogP contribution in [0.2, 0.25) is 0 Å². The van der Waals surface area contributed by atoms with Gasteiger partial charge in [0.1, 0.15) is 0 Å². The van der Waals surface area contributed by atoms with Crippen molar-refractivity contribution in [3.63, 3.8) is 0 Å². The summed E-state index contributed by atoms with van der Waals surface area (Å²) in [6.45, 7) is 3.06. The minimum absolute atomic E-state index is 0.0158. The molecule has 1 aromatic rings. The molecular formula is C16H23N3O2. The van der Waals surface area contributed by atoms with Crippen LogP contribution in [-0.2, 0) is 16.0 Å². The molecule has 1 aliphatic rings. The first-order valence-corrected chi connectivity index (χ1v) is 7.56. The van der Waals surface area contributed by atoms with Gasteiger partial charge in [-0.25, -0.2) is 0 Å². The van der Waals surface area contributed by atoms with Crippen molar-refractivity contribution in [2.45, 2.75) is 38.6 Å². The number of hydrogen-bond donors (Lipinski definition) is 3. The Morgan fingerprint density at radius 3 is 2.90 bits per heavy atom. The molecular weight excluding hydrogens is 266 g/mol. The topological polar surface area (TPSA) is 70.2 Å². The number of rotatable bonds is 6. The molecule has 21 heavy (non-hydrogen) atoms. The molecule has 0 aromatic heterocycles. The van der Waals surface area contributed by atoms with E-state index in [1.54, 1.807) is 0 Å². The Morgan fingerprint density at radius 2 is 2.19 bits per heavy atom. The molecule has 1 saturated heterocycles. The van der Waals surface area contributed by atoms with Crippen LogP contribution in [0.3, 0.4) is 0 Å². The quantitative estimate of drug-likeness (QED) is 0.742. The fourth-order valence-corrected chi connectivity index (χ4v) is 2.48. The second-order valence-corrected chi connectivity index (χ2v) is 5.38. The van der Waals surface area contributed by atoms with Crippen molar-refractivity contribution in [1.29, 1.82) is 0 Å². The minimum Gasteiger partial charge on any atom is -0.347 e. The Morgan fingerprint density at radius 1 is 1.33 bits per heavy atom. The van der Waals surface area contributed by atoms with Gasteiger partial charge in [0.15, 0.2) is 0 Å². The molecule has 0 aliphatic carbocycles. The van der Waals surface area contributed by atoms with E-state index in [2.05, 4.69) is 22.9 Å². The zero-order valence-electron chi connectivity index (χ0n) is 12.4. The van der Waals surface area contributed by atoms with Crippen LogP contribution < -0.4 is 16.0 Å². The van der Waals surface area contributed by atoms with Gasteiger partial charge in [0.25, 0.3) is 0 Å². The lowest BCUT2D eigenvalue weighted by Crippen LogP contribution is -2.36. The minimum atomic E-state index is -0.198. The summed E-state index contributed by atoms with van der Waals surface area (Å²) in [6.07, 6.45) is 3.52. The molecule has 0 saturated carbocycles. The molecule has 114 valence electrons. The van der Waals surface area contributed by atoms with Gasteiger partial charge < -0.3 is 16.0 Å². The maximum atomic E-state index is 11.8. The predicted molar refractivity (Wildman–Crippen MR) is 83.1 cm³/mol. The summed E-state index contributed by atoms with van der Waals surface area (Å²) < 4.78 is 0. The van der Waals surface area contributed by atoms with Crippen molar-refractivity contribution in [1.82, 2.24) is 10.6 Å². The molecule has 1 atom stereocenters. The molecule has 5 nitrogen and oxygen atoms in total. The molecule has 1 aliphatic heterocycles. The van der Waals surface area contributed by atoms with Crippen LogP contribution in [0.4, 0.5) is 5.69 Å². The van der Waals surface area contributed by atoms with Gasteiger partial charge in [-0.2, -0.15) is 0 Å². The van der Waals surface area contributed by atoms with Crippen LogP contribution in [0.1, 0.15) is 31.7 Å². The van der Waals surface area contributed by atoms with Gasteiger partial charge >= 0.3 is 0 Å². The molecule has 1 aromatic carbocycles. The largest absolute Gasteiger partial charge is 0.347 e. The van der Waals surface area contributed by atoms with Crippen molar-refractivity contribution >= 4 is 17.5 Å². The fraction of sp³-hybridized carbons (Fsp3) is 0.500. The number of amides is 2. The third-order valence-corrected chi connectivity index (χ3v) is 3.66. The zero-order chi connectivity index (χ0) is 15.1. The van der Waals surface area contributed by atoms with Gasteiger partial charge in [-0.1, -0.05) is 19.1 Å². The highest BCUT2D eigenvalue weighted by Crippen LogP contribution is 2.11. The average molecular weight is 289 g/mol. The van der Waals surface area contributed by atoms with E-state index in [-0.39, 0.29) is 24.4 Å². The maximum Gasteiger partial charge on any atom is 0.243 e. The molecule has 0 radical (unpaired) electrons. The first-order valence-electron chi connectivity index (χ1n) is 7.56. The normalized spacial score (nSPS) is 17.5. The number of anilines is 1. The van der Waals surface area contributed by atoms with E-state index in [4.69, 9.17) is 0 Å². The second-order valence-electron chi connectivity index (χ2n) is 5.38. The summed E-state index contributed by atoms with van der Waals surface area (Å²) in [5.41, 5.74) is 1.94. The van der Waals surface area contributed by atoms with E-state index in [0.29, 0.717) is 6.42 Å². The molecule has 1 heterocycles. The SMILES string of the molecule is CCc1cccc(NC(=O)CNC(=O)CC2CCCN2)c1. The van der Waals surface area contributed by atoms with Crippen molar-refractivity contribution < 1.29 is 9.59 Å². The van der Waals surface area contributed by atoms with Crippen molar-refractivity contribution in [2.75, 3.05) is 18.4 Å². The van der Waals surface area contributed by atoms with Gasteiger partial charge in [-0.3, -0.25) is 9.59 Å². The summed E-state index contributed by atoms with van der Waals surface area (Å²) in [5, 5.41) is 8.73. The van der Waals surface area contributed by atoms with Crippen molar-refractivity contribution in [2.24, 2.45) is 0 Å². The smallest absolute Gasteiger partial charge is 0.243 e. The summed E-state index contributed by atoms with van der Waals surface area (Å²) in [5.74, 6) is -0.275. The standard InChI is InChI=1S/C16H23N3O2/c1-2-12-5-3-6-14(9-12)19-16(21)11-18-15(20)10-13-7-4-8-17-13/h3,5-6,9,13,17H,2,4,7-8,10-11H2,1H3,(H,18,20)(H,19,21). The van der Waals surface area contributed by atoms with Gasteiger partial charge in [0, 0.05) is 18.2 Å². The van der Waals surface area contributed by atoms with E-state index in [1.807, 2.05) is 24.3 Å². The number of aryl methyl sites for hydroxylation is 1. The number of nitrogens with one attached hydrogen (secondary N) is 3.